The molecule has 7 nitrogen and oxygen atoms in total. The Morgan fingerprint density at radius 1 is 1.11 bits per heavy atom. The molecule has 1 aromatic heterocycles. The first-order chi connectivity index (χ1) is 13.5. The molecule has 1 aliphatic rings. The molecule has 2 amide bonds. The molecule has 1 aliphatic heterocycles. The van der Waals surface area contributed by atoms with Crippen LogP contribution in [0.2, 0.25) is 0 Å². The molecule has 0 unspecified atom stereocenters. The predicted molar refractivity (Wildman–Crippen MR) is 104 cm³/mol. The summed E-state index contributed by atoms with van der Waals surface area (Å²) in [7, 11) is 0. The van der Waals surface area contributed by atoms with Gasteiger partial charge in [0.25, 0.3) is 5.91 Å². The van der Waals surface area contributed by atoms with Crippen molar-refractivity contribution in [3.05, 3.63) is 66.4 Å². The highest BCUT2D eigenvalue weighted by Crippen LogP contribution is 2.26. The van der Waals surface area contributed by atoms with Crippen molar-refractivity contribution in [2.75, 3.05) is 11.4 Å². The monoisotopic (exact) mass is 377 g/mol. The molecule has 1 saturated heterocycles. The fourth-order valence-electron chi connectivity index (χ4n) is 3.63. The molecule has 3 N–H and O–H groups in total. The number of carboxylic acids is 1. The zero-order valence-electron chi connectivity index (χ0n) is 15.0. The first-order valence-corrected chi connectivity index (χ1v) is 8.98. The van der Waals surface area contributed by atoms with Crippen molar-refractivity contribution in [1.29, 1.82) is 0 Å². The largest absolute Gasteiger partial charge is 0.481 e. The number of carbonyl (C=O) groups excluding carboxylic acids is 2. The number of benzene rings is 2. The molecule has 142 valence electrons. The van der Waals surface area contributed by atoms with Gasteiger partial charge in [-0.25, -0.2) is 0 Å². The summed E-state index contributed by atoms with van der Waals surface area (Å²) in [5, 5.41) is 13.1. The number of hydrogen-bond donors (Lipinski definition) is 3. The van der Waals surface area contributed by atoms with Crippen LogP contribution in [0.3, 0.4) is 0 Å². The van der Waals surface area contributed by atoms with Crippen molar-refractivity contribution in [1.82, 2.24) is 10.3 Å². The molecule has 28 heavy (non-hydrogen) atoms. The van der Waals surface area contributed by atoms with Crippen molar-refractivity contribution < 1.29 is 19.5 Å². The molecule has 0 saturated carbocycles. The zero-order chi connectivity index (χ0) is 19.7. The minimum absolute atomic E-state index is 0.0240. The van der Waals surface area contributed by atoms with Gasteiger partial charge in [-0.3, -0.25) is 14.4 Å². The van der Waals surface area contributed by atoms with Gasteiger partial charge in [-0.05, 0) is 23.8 Å². The maximum absolute atomic E-state index is 12.8. The SMILES string of the molecule is O=C(Cc1c[nH]c2ccccc12)N[C@H]1C(=O)N(c2ccccc2)C[C@@H]1C(=O)O. The number of carboxylic acid groups (broad SMARTS) is 1. The molecule has 2 aromatic carbocycles. The van der Waals surface area contributed by atoms with E-state index < -0.39 is 23.8 Å². The van der Waals surface area contributed by atoms with E-state index in [1.54, 1.807) is 30.5 Å². The molecular formula is C21H19N3O4. The second-order valence-electron chi connectivity index (χ2n) is 6.81. The Hall–Kier alpha value is -3.61. The Bertz CT molecular complexity index is 1040. The number of aromatic amines is 1. The van der Waals surface area contributed by atoms with Crippen LogP contribution in [0.25, 0.3) is 10.9 Å². The lowest BCUT2D eigenvalue weighted by molar-refractivity contribution is -0.143. The summed E-state index contributed by atoms with van der Waals surface area (Å²) >= 11 is 0. The second kappa shape index (κ2) is 7.19. The number of rotatable bonds is 5. The third kappa shape index (κ3) is 3.22. The van der Waals surface area contributed by atoms with Gasteiger partial charge < -0.3 is 20.3 Å². The number of H-pyrrole nitrogens is 1. The fraction of sp³-hybridized carbons (Fsp3) is 0.190. The lowest BCUT2D eigenvalue weighted by Crippen LogP contribution is -2.46. The standard InChI is InChI=1S/C21H19N3O4/c25-18(10-13-11-22-17-9-5-4-8-15(13)17)23-19-16(21(27)28)12-24(20(19)26)14-6-2-1-3-7-14/h1-9,11,16,19,22H,10,12H2,(H,23,25)(H,27,28)/t16-,19+/m0/s1. The smallest absolute Gasteiger partial charge is 0.310 e. The van der Waals surface area contributed by atoms with E-state index in [9.17, 15) is 19.5 Å². The summed E-state index contributed by atoms with van der Waals surface area (Å²) < 4.78 is 0. The summed E-state index contributed by atoms with van der Waals surface area (Å²) in [5.74, 6) is -2.90. The number of para-hydroxylation sites is 2. The molecule has 0 aliphatic carbocycles. The van der Waals surface area contributed by atoms with Crippen molar-refractivity contribution in [3.8, 4) is 0 Å². The summed E-state index contributed by atoms with van der Waals surface area (Å²) in [6, 6.07) is 15.4. The van der Waals surface area contributed by atoms with Gasteiger partial charge in [0.05, 0.1) is 6.42 Å². The molecule has 4 rings (SSSR count). The Kier molecular flexibility index (Phi) is 4.57. The third-order valence-corrected chi connectivity index (χ3v) is 5.04. The first-order valence-electron chi connectivity index (χ1n) is 8.98. The third-order valence-electron chi connectivity index (χ3n) is 5.04. The normalized spacial score (nSPS) is 19.1. The average Bonchev–Trinajstić information content (AvgIpc) is 3.24. The van der Waals surface area contributed by atoms with Crippen LogP contribution in [0.15, 0.2) is 60.8 Å². The molecule has 7 heteroatoms. The molecule has 2 atom stereocenters. The van der Waals surface area contributed by atoms with Gasteiger partial charge in [0.2, 0.25) is 5.91 Å². The number of carbonyl (C=O) groups is 3. The molecule has 0 spiro atoms. The summed E-state index contributed by atoms with van der Waals surface area (Å²) in [6.45, 7) is 0.0240. The number of aliphatic carboxylic acids is 1. The van der Waals surface area contributed by atoms with Gasteiger partial charge in [-0.15, -0.1) is 0 Å². The van der Waals surface area contributed by atoms with E-state index in [0.29, 0.717) is 5.69 Å². The van der Waals surface area contributed by atoms with Crippen LogP contribution in [-0.2, 0) is 20.8 Å². The second-order valence-corrected chi connectivity index (χ2v) is 6.81. The van der Waals surface area contributed by atoms with Crippen LogP contribution in [0, 0.1) is 5.92 Å². The van der Waals surface area contributed by atoms with Crippen LogP contribution in [0.4, 0.5) is 5.69 Å². The van der Waals surface area contributed by atoms with E-state index in [1.807, 2.05) is 30.3 Å². The van der Waals surface area contributed by atoms with Gasteiger partial charge in [0.15, 0.2) is 0 Å². The number of nitrogens with one attached hydrogen (secondary N) is 2. The number of nitrogens with zero attached hydrogens (tertiary/aromatic N) is 1. The fourth-order valence-corrected chi connectivity index (χ4v) is 3.63. The van der Waals surface area contributed by atoms with E-state index in [-0.39, 0.29) is 18.9 Å². The van der Waals surface area contributed by atoms with E-state index in [1.165, 1.54) is 4.90 Å². The molecule has 2 heterocycles. The Balaban J connectivity index is 1.52. The van der Waals surface area contributed by atoms with Crippen LogP contribution in [-0.4, -0.2) is 40.5 Å². The van der Waals surface area contributed by atoms with E-state index in [2.05, 4.69) is 10.3 Å². The topological polar surface area (TPSA) is 103 Å². The van der Waals surface area contributed by atoms with Gasteiger partial charge >= 0.3 is 5.97 Å². The predicted octanol–water partition coefficient (Wildman–Crippen LogP) is 1.94. The maximum Gasteiger partial charge on any atom is 0.310 e. The number of amides is 2. The van der Waals surface area contributed by atoms with Gasteiger partial charge in [0.1, 0.15) is 12.0 Å². The van der Waals surface area contributed by atoms with Crippen LogP contribution < -0.4 is 10.2 Å². The lowest BCUT2D eigenvalue weighted by atomic mass is 10.0. The van der Waals surface area contributed by atoms with Crippen molar-refractivity contribution in [2.45, 2.75) is 12.5 Å². The number of aromatic nitrogens is 1. The van der Waals surface area contributed by atoms with Crippen molar-refractivity contribution in [3.63, 3.8) is 0 Å². The number of anilines is 1. The molecule has 1 fully saturated rings. The van der Waals surface area contributed by atoms with E-state index in [4.69, 9.17) is 0 Å². The van der Waals surface area contributed by atoms with Crippen LogP contribution in [0.1, 0.15) is 5.56 Å². The molecular weight excluding hydrogens is 358 g/mol. The highest BCUT2D eigenvalue weighted by Gasteiger charge is 2.45. The zero-order valence-corrected chi connectivity index (χ0v) is 15.0. The maximum atomic E-state index is 12.8. The minimum Gasteiger partial charge on any atom is -0.481 e. The summed E-state index contributed by atoms with van der Waals surface area (Å²) in [6.07, 6.45) is 1.82. The van der Waals surface area contributed by atoms with Crippen molar-refractivity contribution in [2.24, 2.45) is 5.92 Å². The van der Waals surface area contributed by atoms with Crippen molar-refractivity contribution >= 4 is 34.4 Å². The van der Waals surface area contributed by atoms with Gasteiger partial charge in [-0.1, -0.05) is 36.4 Å². The Morgan fingerprint density at radius 2 is 1.82 bits per heavy atom. The minimum atomic E-state index is -1.11. The Morgan fingerprint density at radius 3 is 2.57 bits per heavy atom. The Labute approximate surface area is 161 Å². The average molecular weight is 377 g/mol. The van der Waals surface area contributed by atoms with E-state index >= 15 is 0 Å². The molecule has 0 radical (unpaired) electrons. The lowest BCUT2D eigenvalue weighted by Gasteiger charge is -2.17. The highest BCUT2D eigenvalue weighted by atomic mass is 16.4. The highest BCUT2D eigenvalue weighted by molar-refractivity contribution is 6.05. The van der Waals surface area contributed by atoms with Crippen LogP contribution in [0.5, 0.6) is 0 Å². The summed E-state index contributed by atoms with van der Waals surface area (Å²) in [5.41, 5.74) is 2.33. The molecule has 0 bridgehead atoms. The summed E-state index contributed by atoms with van der Waals surface area (Å²) in [4.78, 5) is 41.6. The number of hydrogen-bond acceptors (Lipinski definition) is 3. The molecule has 3 aromatic rings. The number of fused-ring (bicyclic) bond motifs is 1. The first kappa shape index (κ1) is 17.8. The quantitative estimate of drug-likeness (QED) is 0.632. The van der Waals surface area contributed by atoms with Gasteiger partial charge in [-0.2, -0.15) is 0 Å². The van der Waals surface area contributed by atoms with Gasteiger partial charge in [0, 0.05) is 29.3 Å². The van der Waals surface area contributed by atoms with Crippen LogP contribution >= 0.6 is 0 Å². The van der Waals surface area contributed by atoms with E-state index in [0.717, 1.165) is 16.5 Å².